The molecule has 5 heteroatoms. The average Bonchev–Trinajstić information content (AvgIpc) is 2.28. The first-order valence-corrected chi connectivity index (χ1v) is 5.70. The van der Waals surface area contributed by atoms with E-state index in [1.165, 1.54) is 0 Å². The minimum absolute atomic E-state index is 0.210. The van der Waals surface area contributed by atoms with E-state index in [0.29, 0.717) is 22.2 Å². The van der Waals surface area contributed by atoms with Gasteiger partial charge >= 0.3 is 0 Å². The Morgan fingerprint density at radius 1 is 1.44 bits per heavy atom. The summed E-state index contributed by atoms with van der Waals surface area (Å²) in [6, 6.07) is 5.03. The highest BCUT2D eigenvalue weighted by Gasteiger charge is 2.11. The number of likely N-dealkylation sites (N-methyl/N-ethyl adjacent to an activating group) is 1. The fraction of sp³-hybridized carbons (Fsp3) is 0.364. The van der Waals surface area contributed by atoms with Crippen LogP contribution in [0.5, 0.6) is 0 Å². The highest BCUT2D eigenvalue weighted by Crippen LogP contribution is 2.20. The van der Waals surface area contributed by atoms with Crippen molar-refractivity contribution in [1.82, 2.24) is 10.6 Å². The Morgan fingerprint density at radius 2 is 2.12 bits per heavy atom. The van der Waals surface area contributed by atoms with Crippen LogP contribution in [0.4, 0.5) is 0 Å². The first-order valence-electron chi connectivity index (χ1n) is 4.95. The number of benzene rings is 1. The monoisotopic (exact) mass is 260 g/mol. The zero-order valence-electron chi connectivity index (χ0n) is 9.18. The minimum atomic E-state index is -0.213. The van der Waals surface area contributed by atoms with E-state index in [1.807, 2.05) is 14.0 Å². The second kappa shape index (κ2) is 6.09. The number of carbonyl (C=O) groups excluding carboxylic acids is 1. The molecule has 3 nitrogen and oxygen atoms in total. The summed E-state index contributed by atoms with van der Waals surface area (Å²) in [6.45, 7) is 2.51. The van der Waals surface area contributed by atoms with Crippen molar-refractivity contribution < 1.29 is 4.79 Å². The van der Waals surface area contributed by atoms with Crippen molar-refractivity contribution in [3.63, 3.8) is 0 Å². The van der Waals surface area contributed by atoms with Crippen LogP contribution in [0.3, 0.4) is 0 Å². The normalized spacial score (nSPS) is 12.2. The maximum atomic E-state index is 11.8. The standard InChI is InChI=1S/C11H14Cl2N2O/c1-7(14-2)6-15-11(16)9-5-8(12)3-4-10(9)13/h3-5,7,14H,6H2,1-2H3,(H,15,16). The van der Waals surface area contributed by atoms with Gasteiger partial charge in [0.05, 0.1) is 10.6 Å². The zero-order valence-corrected chi connectivity index (χ0v) is 10.7. The number of amides is 1. The van der Waals surface area contributed by atoms with E-state index in [-0.39, 0.29) is 11.9 Å². The topological polar surface area (TPSA) is 41.1 Å². The van der Waals surface area contributed by atoms with Gasteiger partial charge < -0.3 is 10.6 Å². The molecule has 0 radical (unpaired) electrons. The first kappa shape index (κ1) is 13.3. The lowest BCUT2D eigenvalue weighted by molar-refractivity contribution is 0.0950. The largest absolute Gasteiger partial charge is 0.350 e. The highest BCUT2D eigenvalue weighted by molar-refractivity contribution is 6.35. The molecule has 0 aliphatic rings. The predicted molar refractivity (Wildman–Crippen MR) is 67.3 cm³/mol. The molecule has 0 aliphatic carbocycles. The molecular formula is C11H14Cl2N2O. The van der Waals surface area contributed by atoms with Crippen LogP contribution in [0.2, 0.25) is 10.0 Å². The molecule has 1 atom stereocenters. The lowest BCUT2D eigenvalue weighted by Crippen LogP contribution is -2.37. The molecule has 0 aromatic heterocycles. The Hall–Kier alpha value is -0.770. The predicted octanol–water partition coefficient (Wildman–Crippen LogP) is 2.33. The van der Waals surface area contributed by atoms with Crippen molar-refractivity contribution in [1.29, 1.82) is 0 Å². The van der Waals surface area contributed by atoms with Gasteiger partial charge in [-0.3, -0.25) is 4.79 Å². The third-order valence-electron chi connectivity index (χ3n) is 2.23. The number of hydrogen-bond acceptors (Lipinski definition) is 2. The van der Waals surface area contributed by atoms with Crippen molar-refractivity contribution in [3.8, 4) is 0 Å². The molecule has 0 aliphatic heterocycles. The molecule has 0 spiro atoms. The smallest absolute Gasteiger partial charge is 0.252 e. The van der Waals surface area contributed by atoms with Crippen LogP contribution in [0.1, 0.15) is 17.3 Å². The molecule has 1 unspecified atom stereocenters. The third-order valence-corrected chi connectivity index (χ3v) is 2.80. The lowest BCUT2D eigenvalue weighted by Gasteiger charge is -2.12. The van der Waals surface area contributed by atoms with Crippen LogP contribution in [-0.4, -0.2) is 25.5 Å². The number of hydrogen-bond donors (Lipinski definition) is 2. The van der Waals surface area contributed by atoms with E-state index in [0.717, 1.165) is 0 Å². The van der Waals surface area contributed by atoms with E-state index in [4.69, 9.17) is 23.2 Å². The molecule has 0 fully saturated rings. The van der Waals surface area contributed by atoms with Gasteiger partial charge in [0.25, 0.3) is 5.91 Å². The average molecular weight is 261 g/mol. The third kappa shape index (κ3) is 3.67. The summed E-state index contributed by atoms with van der Waals surface area (Å²) in [5.74, 6) is -0.213. The van der Waals surface area contributed by atoms with Gasteiger partial charge in [0.15, 0.2) is 0 Å². The van der Waals surface area contributed by atoms with E-state index in [9.17, 15) is 4.79 Å². The van der Waals surface area contributed by atoms with Gasteiger partial charge in [-0.15, -0.1) is 0 Å². The SMILES string of the molecule is CNC(C)CNC(=O)c1cc(Cl)ccc1Cl. The summed E-state index contributed by atoms with van der Waals surface area (Å²) in [6.07, 6.45) is 0. The number of rotatable bonds is 4. The van der Waals surface area contributed by atoms with E-state index in [2.05, 4.69) is 10.6 Å². The molecule has 0 saturated carbocycles. The van der Waals surface area contributed by atoms with Gasteiger partial charge in [-0.25, -0.2) is 0 Å². The van der Waals surface area contributed by atoms with Crippen LogP contribution in [0.25, 0.3) is 0 Å². The molecule has 88 valence electrons. The van der Waals surface area contributed by atoms with Gasteiger partial charge in [0.2, 0.25) is 0 Å². The summed E-state index contributed by atoms with van der Waals surface area (Å²) in [5, 5.41) is 6.70. The van der Waals surface area contributed by atoms with E-state index >= 15 is 0 Å². The van der Waals surface area contributed by atoms with Crippen molar-refractivity contribution >= 4 is 29.1 Å². The molecule has 1 aromatic rings. The number of halogens is 2. The van der Waals surface area contributed by atoms with Crippen molar-refractivity contribution in [2.24, 2.45) is 0 Å². The van der Waals surface area contributed by atoms with Gasteiger partial charge in [0.1, 0.15) is 0 Å². The van der Waals surface area contributed by atoms with E-state index < -0.39 is 0 Å². The molecule has 0 saturated heterocycles. The Morgan fingerprint density at radius 3 is 2.75 bits per heavy atom. The zero-order chi connectivity index (χ0) is 12.1. The highest BCUT2D eigenvalue weighted by atomic mass is 35.5. The molecule has 2 N–H and O–H groups in total. The summed E-state index contributed by atoms with van der Waals surface area (Å²) < 4.78 is 0. The van der Waals surface area contributed by atoms with Gasteiger partial charge in [-0.2, -0.15) is 0 Å². The maximum Gasteiger partial charge on any atom is 0.252 e. The molecule has 1 rings (SSSR count). The number of carbonyl (C=O) groups is 1. The second-order valence-electron chi connectivity index (χ2n) is 3.52. The van der Waals surface area contributed by atoms with Crippen LogP contribution in [0, 0.1) is 0 Å². The number of nitrogens with one attached hydrogen (secondary N) is 2. The van der Waals surface area contributed by atoms with Gasteiger partial charge in [-0.1, -0.05) is 23.2 Å². The Bertz CT molecular complexity index is 382. The maximum absolute atomic E-state index is 11.8. The van der Waals surface area contributed by atoms with Crippen LogP contribution in [0.15, 0.2) is 18.2 Å². The van der Waals surface area contributed by atoms with E-state index in [1.54, 1.807) is 18.2 Å². The fourth-order valence-electron chi connectivity index (χ4n) is 1.11. The summed E-state index contributed by atoms with van der Waals surface area (Å²) in [4.78, 5) is 11.8. The molecule has 0 bridgehead atoms. The van der Waals surface area contributed by atoms with Crippen molar-refractivity contribution in [2.75, 3.05) is 13.6 Å². The van der Waals surface area contributed by atoms with Crippen LogP contribution in [-0.2, 0) is 0 Å². The quantitative estimate of drug-likeness (QED) is 0.873. The molecular weight excluding hydrogens is 247 g/mol. The first-order chi connectivity index (χ1) is 7.54. The molecule has 0 heterocycles. The second-order valence-corrected chi connectivity index (χ2v) is 4.37. The summed E-state index contributed by atoms with van der Waals surface area (Å²) in [5.41, 5.74) is 0.400. The van der Waals surface area contributed by atoms with Crippen LogP contribution >= 0.6 is 23.2 Å². The Labute approximate surface area is 105 Å². The van der Waals surface area contributed by atoms with Crippen molar-refractivity contribution in [2.45, 2.75) is 13.0 Å². The van der Waals surface area contributed by atoms with Crippen LogP contribution < -0.4 is 10.6 Å². The fourth-order valence-corrected chi connectivity index (χ4v) is 1.49. The summed E-state index contributed by atoms with van der Waals surface area (Å²) >= 11 is 11.7. The molecule has 16 heavy (non-hydrogen) atoms. The van der Waals surface area contributed by atoms with Gasteiger partial charge in [0, 0.05) is 17.6 Å². The van der Waals surface area contributed by atoms with Crippen molar-refractivity contribution in [3.05, 3.63) is 33.8 Å². The molecule has 1 aromatic carbocycles. The van der Waals surface area contributed by atoms with Gasteiger partial charge in [-0.05, 0) is 32.2 Å². The summed E-state index contributed by atoms with van der Waals surface area (Å²) in [7, 11) is 1.84. The lowest BCUT2D eigenvalue weighted by atomic mass is 10.2. The Balaban J connectivity index is 2.69. The minimum Gasteiger partial charge on any atom is -0.350 e. The Kier molecular flexibility index (Phi) is 5.06. The molecule has 1 amide bonds.